The summed E-state index contributed by atoms with van der Waals surface area (Å²) < 4.78 is 6.00. The Labute approximate surface area is 122 Å². The van der Waals surface area contributed by atoms with Gasteiger partial charge in [-0.25, -0.2) is 0 Å². The molecule has 1 aromatic carbocycles. The number of nitrogens with zero attached hydrogens (tertiary/aromatic N) is 1. The van der Waals surface area contributed by atoms with Gasteiger partial charge in [-0.05, 0) is 45.3 Å². The molecule has 1 heterocycles. The van der Waals surface area contributed by atoms with Crippen LogP contribution in [-0.2, 0) is 0 Å². The Morgan fingerprint density at radius 3 is 2.80 bits per heavy atom. The second-order valence-electron chi connectivity index (χ2n) is 6.20. The maximum Gasteiger partial charge on any atom is 0.124 e. The third kappa shape index (κ3) is 2.57. The van der Waals surface area contributed by atoms with Crippen molar-refractivity contribution >= 4 is 0 Å². The Balaban J connectivity index is 1.83. The molecule has 0 bridgehead atoms. The minimum Gasteiger partial charge on any atom is -0.492 e. The van der Waals surface area contributed by atoms with Crippen molar-refractivity contribution in [2.45, 2.75) is 44.8 Å². The summed E-state index contributed by atoms with van der Waals surface area (Å²) in [6, 6.07) is 9.88. The Morgan fingerprint density at radius 1 is 1.35 bits per heavy atom. The van der Waals surface area contributed by atoms with Crippen LogP contribution in [0.2, 0.25) is 0 Å². The molecule has 1 fully saturated rings. The summed E-state index contributed by atoms with van der Waals surface area (Å²) >= 11 is 0. The maximum absolute atomic E-state index is 6.00. The molecule has 3 heteroatoms. The molecule has 0 radical (unpaired) electrons. The maximum atomic E-state index is 6.00. The number of ether oxygens (including phenoxy) is 1. The van der Waals surface area contributed by atoms with Crippen LogP contribution in [0.1, 0.15) is 38.3 Å². The van der Waals surface area contributed by atoms with Gasteiger partial charge in [0.2, 0.25) is 0 Å². The van der Waals surface area contributed by atoms with E-state index < -0.39 is 0 Å². The number of para-hydroxylation sites is 1. The summed E-state index contributed by atoms with van der Waals surface area (Å²) in [7, 11) is 2.26. The fourth-order valence-corrected chi connectivity index (χ4v) is 3.38. The molecule has 3 nitrogen and oxygen atoms in total. The van der Waals surface area contributed by atoms with Crippen molar-refractivity contribution in [1.82, 2.24) is 10.2 Å². The lowest BCUT2D eigenvalue weighted by Gasteiger charge is -2.42. The van der Waals surface area contributed by atoms with E-state index in [9.17, 15) is 0 Å². The predicted molar refractivity (Wildman–Crippen MR) is 82.1 cm³/mol. The summed E-state index contributed by atoms with van der Waals surface area (Å²) in [5.74, 6) is 1.93. The van der Waals surface area contributed by atoms with Gasteiger partial charge >= 0.3 is 0 Å². The van der Waals surface area contributed by atoms with Gasteiger partial charge in [-0.2, -0.15) is 0 Å². The normalized spacial score (nSPS) is 27.0. The fraction of sp³-hybridized carbons (Fsp3) is 0.647. The monoisotopic (exact) mass is 274 g/mol. The molecule has 110 valence electrons. The average molecular weight is 274 g/mol. The van der Waals surface area contributed by atoms with Gasteiger partial charge < -0.3 is 10.1 Å². The van der Waals surface area contributed by atoms with Gasteiger partial charge in [0.1, 0.15) is 12.4 Å². The number of hydrogen-bond acceptors (Lipinski definition) is 3. The van der Waals surface area contributed by atoms with Crippen molar-refractivity contribution in [3.05, 3.63) is 29.8 Å². The first-order valence-corrected chi connectivity index (χ1v) is 7.89. The summed E-state index contributed by atoms with van der Waals surface area (Å²) in [5.41, 5.74) is 1.31. The third-order valence-electron chi connectivity index (χ3n) is 4.94. The summed E-state index contributed by atoms with van der Waals surface area (Å²) in [6.45, 7) is 6.31. The number of rotatable bonds is 5. The van der Waals surface area contributed by atoms with E-state index in [1.54, 1.807) is 0 Å². The van der Waals surface area contributed by atoms with Crippen molar-refractivity contribution in [2.75, 3.05) is 20.2 Å². The number of fused-ring (bicyclic) bond motifs is 1. The van der Waals surface area contributed by atoms with E-state index >= 15 is 0 Å². The van der Waals surface area contributed by atoms with E-state index in [2.05, 4.69) is 55.4 Å². The van der Waals surface area contributed by atoms with Crippen LogP contribution in [0.15, 0.2) is 24.3 Å². The second-order valence-corrected chi connectivity index (χ2v) is 6.20. The molecule has 0 spiro atoms. The van der Waals surface area contributed by atoms with E-state index in [1.807, 2.05) is 0 Å². The topological polar surface area (TPSA) is 24.5 Å². The van der Waals surface area contributed by atoms with Crippen LogP contribution in [0.25, 0.3) is 0 Å². The van der Waals surface area contributed by atoms with Crippen LogP contribution in [0.3, 0.4) is 0 Å². The largest absolute Gasteiger partial charge is 0.492 e. The van der Waals surface area contributed by atoms with E-state index in [-0.39, 0.29) is 0 Å². The van der Waals surface area contributed by atoms with Gasteiger partial charge in [0.15, 0.2) is 0 Å². The Kier molecular flexibility index (Phi) is 3.99. The number of hydrogen-bond donors (Lipinski definition) is 1. The zero-order valence-corrected chi connectivity index (χ0v) is 12.8. The molecule has 2 aliphatic rings. The van der Waals surface area contributed by atoms with E-state index in [0.29, 0.717) is 18.1 Å². The molecule has 3 atom stereocenters. The highest BCUT2D eigenvalue weighted by molar-refractivity contribution is 5.38. The first-order valence-electron chi connectivity index (χ1n) is 7.89. The van der Waals surface area contributed by atoms with Crippen molar-refractivity contribution in [2.24, 2.45) is 5.92 Å². The van der Waals surface area contributed by atoms with Crippen molar-refractivity contribution in [3.8, 4) is 5.75 Å². The third-order valence-corrected chi connectivity index (χ3v) is 4.94. The molecule has 1 saturated carbocycles. The average Bonchev–Trinajstić information content (AvgIpc) is 3.31. The molecule has 1 aromatic rings. The van der Waals surface area contributed by atoms with Crippen LogP contribution < -0.4 is 10.1 Å². The molecule has 3 unspecified atom stereocenters. The Bertz CT molecular complexity index is 458. The smallest absolute Gasteiger partial charge is 0.124 e. The van der Waals surface area contributed by atoms with Gasteiger partial charge in [0, 0.05) is 11.6 Å². The zero-order valence-electron chi connectivity index (χ0n) is 12.8. The van der Waals surface area contributed by atoms with E-state index in [1.165, 1.54) is 18.4 Å². The van der Waals surface area contributed by atoms with Gasteiger partial charge in [-0.1, -0.05) is 25.1 Å². The van der Waals surface area contributed by atoms with Crippen molar-refractivity contribution < 1.29 is 4.74 Å². The van der Waals surface area contributed by atoms with Gasteiger partial charge in [0.05, 0.1) is 12.1 Å². The molecule has 20 heavy (non-hydrogen) atoms. The highest BCUT2D eigenvalue weighted by Crippen LogP contribution is 2.39. The van der Waals surface area contributed by atoms with Crippen LogP contribution >= 0.6 is 0 Å². The fourth-order valence-electron chi connectivity index (χ4n) is 3.38. The molecular weight excluding hydrogens is 248 g/mol. The minimum atomic E-state index is 0.371. The zero-order chi connectivity index (χ0) is 14.1. The molecule has 0 saturated heterocycles. The lowest BCUT2D eigenvalue weighted by atomic mass is 9.94. The summed E-state index contributed by atoms with van der Waals surface area (Å²) in [4.78, 5) is 2.53. The quantitative estimate of drug-likeness (QED) is 0.893. The summed E-state index contributed by atoms with van der Waals surface area (Å²) in [5, 5.41) is 3.66. The van der Waals surface area contributed by atoms with E-state index in [0.717, 1.165) is 24.8 Å². The number of likely N-dealkylation sites (N-methyl/N-ethyl adjacent to an activating group) is 2. The second kappa shape index (κ2) is 5.74. The van der Waals surface area contributed by atoms with Crippen LogP contribution in [0.5, 0.6) is 5.75 Å². The standard InChI is InChI=1S/C17H26N2O/c1-4-18-17-14-7-5-6-8-16(14)20-11-15(17)19(3)12(2)13-9-10-13/h5-8,12-13,15,17-18H,4,9-11H2,1-3H3. The Hall–Kier alpha value is -1.06. The molecule has 3 rings (SSSR count). The highest BCUT2D eigenvalue weighted by atomic mass is 16.5. The van der Waals surface area contributed by atoms with Crippen LogP contribution in [0.4, 0.5) is 0 Å². The van der Waals surface area contributed by atoms with Crippen LogP contribution in [-0.4, -0.2) is 37.2 Å². The molecule has 1 aliphatic heterocycles. The van der Waals surface area contributed by atoms with Gasteiger partial charge in [-0.3, -0.25) is 4.90 Å². The van der Waals surface area contributed by atoms with Crippen LogP contribution in [0, 0.1) is 5.92 Å². The summed E-state index contributed by atoms with van der Waals surface area (Å²) in [6.07, 6.45) is 2.78. The molecule has 1 N–H and O–H groups in total. The van der Waals surface area contributed by atoms with E-state index in [4.69, 9.17) is 4.74 Å². The highest BCUT2D eigenvalue weighted by Gasteiger charge is 2.38. The lowest BCUT2D eigenvalue weighted by Crippen LogP contribution is -2.52. The number of nitrogens with one attached hydrogen (secondary N) is 1. The number of benzene rings is 1. The minimum absolute atomic E-state index is 0.371. The molecule has 1 aliphatic carbocycles. The van der Waals surface area contributed by atoms with Gasteiger partial charge in [-0.15, -0.1) is 0 Å². The first-order chi connectivity index (χ1) is 9.72. The molecular formula is C17H26N2O. The van der Waals surface area contributed by atoms with Crippen molar-refractivity contribution in [3.63, 3.8) is 0 Å². The Morgan fingerprint density at radius 2 is 2.10 bits per heavy atom. The molecule has 0 aromatic heterocycles. The first kappa shape index (κ1) is 13.9. The van der Waals surface area contributed by atoms with Gasteiger partial charge in [0.25, 0.3) is 0 Å². The molecule has 0 amide bonds. The predicted octanol–water partition coefficient (Wildman–Crippen LogP) is 2.83. The van der Waals surface area contributed by atoms with Crippen molar-refractivity contribution in [1.29, 1.82) is 0 Å². The lowest BCUT2D eigenvalue weighted by molar-refractivity contribution is 0.0725. The SMILES string of the molecule is CCNC1c2ccccc2OCC1N(C)C(C)C1CC1.